The van der Waals surface area contributed by atoms with Crippen LogP contribution in [-0.4, -0.2) is 80.8 Å². The molecule has 3 rings (SSSR count). The van der Waals surface area contributed by atoms with E-state index in [9.17, 15) is 4.79 Å². The summed E-state index contributed by atoms with van der Waals surface area (Å²) >= 11 is 0. The Morgan fingerprint density at radius 1 is 0.617 bits per heavy atom. The van der Waals surface area contributed by atoms with Crippen LogP contribution < -0.4 is 0 Å². The van der Waals surface area contributed by atoms with Crippen LogP contribution in [0.3, 0.4) is 0 Å². The molecule has 0 aromatic carbocycles. The average Bonchev–Trinajstić information content (AvgIpc) is 3.07. The van der Waals surface area contributed by atoms with Crippen molar-refractivity contribution in [1.82, 2.24) is 0 Å². The topological polar surface area (TPSA) is 81.7 Å². The monoisotopic (exact) mass is 667 g/mol. The van der Waals surface area contributed by atoms with E-state index in [0.29, 0.717) is 6.42 Å². The molecule has 3 aliphatic rings. The van der Waals surface area contributed by atoms with E-state index >= 15 is 0 Å². The largest absolute Gasteiger partial charge is 0.452 e. The summed E-state index contributed by atoms with van der Waals surface area (Å²) in [5.74, 6) is -0.850. The third-order valence-corrected chi connectivity index (χ3v) is 8.59. The van der Waals surface area contributed by atoms with E-state index in [4.69, 9.17) is 33.2 Å². The maximum absolute atomic E-state index is 14.6. The van der Waals surface area contributed by atoms with Gasteiger partial charge in [-0.25, -0.2) is 4.79 Å². The number of esters is 1. The van der Waals surface area contributed by atoms with Crippen molar-refractivity contribution in [1.29, 1.82) is 0 Å². The predicted molar refractivity (Wildman–Crippen MR) is 187 cm³/mol. The average molecular weight is 667 g/mol. The molecule has 8 heteroatoms. The van der Waals surface area contributed by atoms with Crippen molar-refractivity contribution in [3.05, 3.63) is 11.1 Å². The minimum absolute atomic E-state index is 0.375. The number of hydrogen-bond acceptors (Lipinski definition) is 8. The first-order chi connectivity index (χ1) is 20.5. The Hall–Kier alpha value is -1.03. The fourth-order valence-electron chi connectivity index (χ4n) is 8.08. The molecule has 0 N–H and O–H groups in total. The third kappa shape index (κ3) is 8.65. The van der Waals surface area contributed by atoms with Crippen LogP contribution in [0.15, 0.2) is 11.1 Å². The zero-order chi connectivity index (χ0) is 36.8. The highest BCUT2D eigenvalue weighted by Crippen LogP contribution is 2.62. The third-order valence-electron chi connectivity index (χ3n) is 8.59. The van der Waals surface area contributed by atoms with Crippen molar-refractivity contribution in [3.8, 4) is 0 Å². The Morgan fingerprint density at radius 2 is 1.06 bits per heavy atom. The van der Waals surface area contributed by atoms with Crippen LogP contribution >= 0.6 is 0 Å². The first-order valence-electron chi connectivity index (χ1n) is 17.6. The van der Waals surface area contributed by atoms with Crippen molar-refractivity contribution in [2.75, 3.05) is 0 Å². The molecular formula is C39H70O8. The summed E-state index contributed by atoms with van der Waals surface area (Å²) in [4.78, 5) is 14.6. The second-order valence-electron chi connectivity index (χ2n) is 20.5. The highest BCUT2D eigenvalue weighted by molar-refractivity contribution is 5.85. The minimum Gasteiger partial charge on any atom is -0.452 e. The van der Waals surface area contributed by atoms with Crippen molar-refractivity contribution in [2.24, 2.45) is 5.92 Å². The highest BCUT2D eigenvalue weighted by Gasteiger charge is 2.78. The number of carbonyl (C=O) groups is 1. The zero-order valence-electron chi connectivity index (χ0n) is 33.9. The van der Waals surface area contributed by atoms with Gasteiger partial charge in [0.05, 0.1) is 51.4 Å². The summed E-state index contributed by atoms with van der Waals surface area (Å²) in [6, 6.07) is 0. The fourth-order valence-corrected chi connectivity index (χ4v) is 8.08. The molecule has 0 aromatic heterocycles. The molecule has 1 heterocycles. The van der Waals surface area contributed by atoms with Gasteiger partial charge < -0.3 is 33.2 Å². The van der Waals surface area contributed by atoms with Gasteiger partial charge in [0.15, 0.2) is 17.3 Å². The summed E-state index contributed by atoms with van der Waals surface area (Å²) in [5.41, 5.74) is -5.54. The molecular weight excluding hydrogens is 596 g/mol. The lowest BCUT2D eigenvalue weighted by molar-refractivity contribution is -0.301. The quantitative estimate of drug-likeness (QED) is 0.206. The standard InChI is InChI=1S/C39H70O8/c1-23-25-26(28(44-33(8,9)10)27(23)43-32(5,6)7)37(20,45-34(11,12)13)22-24(42-31(2,3)4)39(47-36(17,18)19)29(25)41-30(40)38(39,21)46-35(14,15)16/h24,26-29H,22H2,1-21H3/t24-,26+,27-,28-,29-,37-,38+,39+/m0/s1. The lowest BCUT2D eigenvalue weighted by Gasteiger charge is -2.52. The lowest BCUT2D eigenvalue weighted by Crippen LogP contribution is -2.70. The van der Waals surface area contributed by atoms with E-state index < -0.39 is 80.8 Å². The minimum atomic E-state index is -1.55. The summed E-state index contributed by atoms with van der Waals surface area (Å²) < 4.78 is 49.2. The van der Waals surface area contributed by atoms with Crippen LogP contribution in [0.5, 0.6) is 0 Å². The number of ether oxygens (including phenoxy) is 7. The first kappa shape index (κ1) is 40.4. The molecule has 2 fully saturated rings. The number of carbonyl (C=O) groups excluding carboxylic acids is 1. The predicted octanol–water partition coefficient (Wildman–Crippen LogP) is 8.51. The molecule has 274 valence electrons. The summed E-state index contributed by atoms with van der Waals surface area (Å²) in [7, 11) is 0. The zero-order valence-corrected chi connectivity index (χ0v) is 33.9. The van der Waals surface area contributed by atoms with Gasteiger partial charge in [0.1, 0.15) is 6.10 Å². The van der Waals surface area contributed by atoms with Crippen molar-refractivity contribution >= 4 is 5.97 Å². The maximum Gasteiger partial charge on any atom is 0.342 e. The molecule has 0 aromatic rings. The smallest absolute Gasteiger partial charge is 0.342 e. The van der Waals surface area contributed by atoms with Crippen LogP contribution in [-0.2, 0) is 38.0 Å². The molecule has 2 aliphatic carbocycles. The van der Waals surface area contributed by atoms with Gasteiger partial charge in [-0.3, -0.25) is 0 Å². The lowest BCUT2D eigenvalue weighted by atomic mass is 9.73. The molecule has 1 saturated carbocycles. The second kappa shape index (κ2) is 12.0. The van der Waals surface area contributed by atoms with Crippen molar-refractivity contribution in [2.45, 2.75) is 227 Å². The van der Waals surface area contributed by atoms with Gasteiger partial charge in [-0.1, -0.05) is 0 Å². The van der Waals surface area contributed by atoms with Gasteiger partial charge in [-0.2, -0.15) is 0 Å². The Labute approximate surface area is 287 Å². The normalized spacial score (nSPS) is 35.9. The SMILES string of the molecule is CC1=C2[C@H]([C@H](OC(C)(C)C)[C@H]1OC(C)(C)C)[C@@](C)(OC(C)(C)C)C[C@H](OC(C)(C)C)[C@@]1(OC(C)(C)C)[C@H]2OC(=O)[C@@]1(C)OC(C)(C)C. The molecule has 0 amide bonds. The Morgan fingerprint density at radius 3 is 1.47 bits per heavy atom. The Kier molecular flexibility index (Phi) is 10.4. The van der Waals surface area contributed by atoms with Crippen LogP contribution in [0.4, 0.5) is 0 Å². The molecule has 47 heavy (non-hydrogen) atoms. The molecule has 1 aliphatic heterocycles. The van der Waals surface area contributed by atoms with E-state index in [1.807, 2.05) is 69.2 Å². The van der Waals surface area contributed by atoms with E-state index in [1.165, 1.54) is 0 Å². The van der Waals surface area contributed by atoms with E-state index in [0.717, 1.165) is 11.1 Å². The summed E-state index contributed by atoms with van der Waals surface area (Å²) in [6.07, 6.45) is -2.07. The van der Waals surface area contributed by atoms with Crippen molar-refractivity contribution < 1.29 is 38.0 Å². The summed E-state index contributed by atoms with van der Waals surface area (Å²) in [5, 5.41) is 0. The molecule has 0 unspecified atom stereocenters. The van der Waals surface area contributed by atoms with E-state index in [1.54, 1.807) is 0 Å². The van der Waals surface area contributed by atoms with Crippen LogP contribution in [0.2, 0.25) is 0 Å². The number of fused-ring (bicyclic) bond motifs is 3. The van der Waals surface area contributed by atoms with Gasteiger partial charge in [-0.15, -0.1) is 0 Å². The molecule has 0 radical (unpaired) electrons. The van der Waals surface area contributed by atoms with E-state index in [-0.39, 0.29) is 5.92 Å². The number of rotatable bonds is 6. The molecule has 0 spiro atoms. The Bertz CT molecular complexity index is 1190. The molecule has 8 nitrogen and oxygen atoms in total. The molecule has 0 bridgehead atoms. The molecule has 8 atom stereocenters. The summed E-state index contributed by atoms with van der Waals surface area (Å²) in [6.45, 7) is 42.6. The first-order valence-corrected chi connectivity index (χ1v) is 17.6. The second-order valence-corrected chi connectivity index (χ2v) is 20.5. The van der Waals surface area contributed by atoms with Gasteiger partial charge in [0.25, 0.3) is 0 Å². The van der Waals surface area contributed by atoms with E-state index in [2.05, 4.69) is 76.2 Å². The van der Waals surface area contributed by atoms with Gasteiger partial charge in [0, 0.05) is 12.3 Å². The van der Waals surface area contributed by atoms with Crippen LogP contribution in [0, 0.1) is 5.92 Å². The Balaban J connectivity index is 2.59. The number of hydrogen-bond donors (Lipinski definition) is 0. The molecule has 1 saturated heterocycles. The fraction of sp³-hybridized carbons (Fsp3) is 0.923. The van der Waals surface area contributed by atoms with Gasteiger partial charge in [0.2, 0.25) is 0 Å². The highest BCUT2D eigenvalue weighted by atomic mass is 16.7. The van der Waals surface area contributed by atoms with Gasteiger partial charge in [-0.05, 0) is 157 Å². The van der Waals surface area contributed by atoms with Crippen molar-refractivity contribution in [3.63, 3.8) is 0 Å². The van der Waals surface area contributed by atoms with Crippen LogP contribution in [0.1, 0.15) is 152 Å². The maximum atomic E-state index is 14.6. The van der Waals surface area contributed by atoms with Gasteiger partial charge >= 0.3 is 5.97 Å². The van der Waals surface area contributed by atoms with Crippen LogP contribution in [0.25, 0.3) is 0 Å².